The summed E-state index contributed by atoms with van der Waals surface area (Å²) in [7, 11) is 0. The van der Waals surface area contributed by atoms with E-state index in [1.165, 1.54) is 11.1 Å². The molecule has 3 aromatic rings. The van der Waals surface area contributed by atoms with E-state index in [-0.39, 0.29) is 23.2 Å². The Balaban J connectivity index is 1.41. The topological polar surface area (TPSA) is 49.4 Å². The maximum Gasteiger partial charge on any atom is 0.251 e. The zero-order valence-corrected chi connectivity index (χ0v) is 20.0. The lowest BCUT2D eigenvalue weighted by Crippen LogP contribution is -2.30. The molecule has 1 aliphatic heterocycles. The quantitative estimate of drug-likeness (QED) is 0.472. The number of rotatable bonds is 8. The minimum atomic E-state index is -0.0786. The van der Waals surface area contributed by atoms with Gasteiger partial charge in [-0.1, -0.05) is 79.2 Å². The van der Waals surface area contributed by atoms with Crippen molar-refractivity contribution in [2.24, 2.45) is 0 Å². The van der Waals surface area contributed by atoms with Crippen molar-refractivity contribution in [1.29, 1.82) is 0 Å². The Kier molecular flexibility index (Phi) is 7.50. The minimum absolute atomic E-state index is 0.00530. The summed E-state index contributed by atoms with van der Waals surface area (Å²) in [5, 5.41) is 3.15. The highest BCUT2D eigenvalue weighted by molar-refractivity contribution is 8.00. The molecule has 0 bridgehead atoms. The predicted molar refractivity (Wildman–Crippen MR) is 135 cm³/mol. The zero-order chi connectivity index (χ0) is 23.2. The van der Waals surface area contributed by atoms with Crippen LogP contribution in [0, 0.1) is 6.92 Å². The molecule has 0 radical (unpaired) electrons. The lowest BCUT2D eigenvalue weighted by Gasteiger charge is -2.24. The van der Waals surface area contributed by atoms with Gasteiger partial charge in [-0.25, -0.2) is 0 Å². The molecule has 1 heterocycles. The van der Waals surface area contributed by atoms with Crippen LogP contribution in [-0.4, -0.2) is 29.0 Å². The highest BCUT2D eigenvalue weighted by Crippen LogP contribution is 2.38. The second-order valence-corrected chi connectivity index (χ2v) is 9.52. The van der Waals surface area contributed by atoms with Gasteiger partial charge in [0.25, 0.3) is 5.91 Å². The van der Waals surface area contributed by atoms with Crippen LogP contribution in [0.2, 0.25) is 0 Å². The first kappa shape index (κ1) is 23.1. The Bertz CT molecular complexity index is 1080. The third-order valence-corrected chi connectivity index (χ3v) is 7.36. The Morgan fingerprint density at radius 2 is 1.73 bits per heavy atom. The van der Waals surface area contributed by atoms with Crippen LogP contribution in [0.4, 0.5) is 0 Å². The molecular formula is C28H30N2O2S. The number of hydrogen-bond donors (Lipinski definition) is 1. The van der Waals surface area contributed by atoms with Gasteiger partial charge < -0.3 is 10.2 Å². The van der Waals surface area contributed by atoms with Crippen LogP contribution in [0.1, 0.15) is 57.4 Å². The van der Waals surface area contributed by atoms with Gasteiger partial charge in [0, 0.05) is 12.1 Å². The van der Waals surface area contributed by atoms with Crippen LogP contribution in [0.15, 0.2) is 78.9 Å². The number of carbonyl (C=O) groups excluding carboxylic acids is 2. The van der Waals surface area contributed by atoms with Gasteiger partial charge in [-0.15, -0.1) is 11.8 Å². The van der Waals surface area contributed by atoms with Gasteiger partial charge in [-0.3, -0.25) is 9.59 Å². The predicted octanol–water partition coefficient (Wildman–Crippen LogP) is 5.69. The molecule has 0 unspecified atom stereocenters. The van der Waals surface area contributed by atoms with Gasteiger partial charge in [0.2, 0.25) is 5.91 Å². The molecule has 33 heavy (non-hydrogen) atoms. The van der Waals surface area contributed by atoms with Crippen LogP contribution >= 0.6 is 11.8 Å². The molecule has 0 aliphatic carbocycles. The molecule has 2 amide bonds. The van der Waals surface area contributed by atoms with Crippen LogP contribution < -0.4 is 5.32 Å². The number of hydrogen-bond acceptors (Lipinski definition) is 3. The molecule has 0 aromatic heterocycles. The Labute approximate surface area is 200 Å². The molecule has 1 fully saturated rings. The highest BCUT2D eigenvalue weighted by Gasteiger charge is 2.32. The summed E-state index contributed by atoms with van der Waals surface area (Å²) in [5.41, 5.74) is 5.24. The first-order valence-electron chi connectivity index (χ1n) is 11.5. The van der Waals surface area contributed by atoms with Crippen LogP contribution in [0.3, 0.4) is 0 Å². The second-order valence-electron chi connectivity index (χ2n) is 8.45. The number of carbonyl (C=O) groups is 2. The van der Waals surface area contributed by atoms with Crippen molar-refractivity contribution in [2.75, 3.05) is 12.3 Å². The number of nitrogens with one attached hydrogen (secondary N) is 1. The lowest BCUT2D eigenvalue weighted by atomic mass is 10.0. The number of amides is 2. The van der Waals surface area contributed by atoms with Crippen LogP contribution in [0.25, 0.3) is 0 Å². The Morgan fingerprint density at radius 1 is 1.03 bits per heavy atom. The molecule has 4 nitrogen and oxygen atoms in total. The van der Waals surface area contributed by atoms with Crippen LogP contribution in [0.5, 0.6) is 0 Å². The third-order valence-electron chi connectivity index (χ3n) is 6.10. The van der Waals surface area contributed by atoms with E-state index < -0.39 is 0 Å². The van der Waals surface area contributed by atoms with Gasteiger partial charge in [-0.2, -0.15) is 0 Å². The van der Waals surface area contributed by atoms with E-state index in [9.17, 15) is 9.59 Å². The highest BCUT2D eigenvalue weighted by atomic mass is 32.2. The van der Waals surface area contributed by atoms with Crippen molar-refractivity contribution in [3.8, 4) is 0 Å². The third kappa shape index (κ3) is 5.66. The summed E-state index contributed by atoms with van der Waals surface area (Å²) in [5.74, 6) is 0.591. The normalized spacial score (nSPS) is 16.6. The monoisotopic (exact) mass is 458 g/mol. The number of aryl methyl sites for hydroxylation is 1. The molecule has 170 valence electrons. The molecule has 3 aromatic carbocycles. The second kappa shape index (κ2) is 10.7. The summed E-state index contributed by atoms with van der Waals surface area (Å²) in [6.45, 7) is 4.83. The summed E-state index contributed by atoms with van der Waals surface area (Å²) >= 11 is 1.65. The van der Waals surface area contributed by atoms with Gasteiger partial charge in [-0.05, 0) is 48.6 Å². The Morgan fingerprint density at radius 3 is 2.39 bits per heavy atom. The molecule has 1 saturated heterocycles. The summed E-state index contributed by atoms with van der Waals surface area (Å²) in [6.07, 6.45) is 1.66. The largest absolute Gasteiger partial charge is 0.345 e. The SMILES string of the molecule is CC[C@H](NC(=O)c1ccc([C@H]2SCC(=O)N2CCc2ccccc2)cc1)c1ccc(C)cc1. The average molecular weight is 459 g/mol. The number of thioether (sulfide) groups is 1. The van der Waals surface area contributed by atoms with E-state index in [1.807, 2.05) is 47.4 Å². The van der Waals surface area contributed by atoms with Gasteiger partial charge in [0.15, 0.2) is 0 Å². The van der Waals surface area contributed by atoms with Crippen molar-refractivity contribution in [3.05, 3.63) is 107 Å². The first-order valence-corrected chi connectivity index (χ1v) is 12.5. The molecule has 0 spiro atoms. The molecule has 4 rings (SSSR count). The van der Waals surface area contributed by atoms with E-state index in [1.54, 1.807) is 11.8 Å². The summed E-state index contributed by atoms with van der Waals surface area (Å²) in [6, 6.07) is 26.2. The van der Waals surface area contributed by atoms with E-state index in [0.717, 1.165) is 24.0 Å². The van der Waals surface area contributed by atoms with E-state index in [0.29, 0.717) is 17.9 Å². The zero-order valence-electron chi connectivity index (χ0n) is 19.2. The van der Waals surface area contributed by atoms with Gasteiger partial charge >= 0.3 is 0 Å². The molecular weight excluding hydrogens is 428 g/mol. The number of benzene rings is 3. The Hall–Kier alpha value is -3.05. The molecule has 1 N–H and O–H groups in total. The lowest BCUT2D eigenvalue weighted by molar-refractivity contribution is -0.128. The standard InChI is InChI=1S/C28H30N2O2S/c1-3-25(22-11-9-20(2)10-12-22)29-27(32)23-13-15-24(16-14-23)28-30(26(31)19-33-28)18-17-21-7-5-4-6-8-21/h4-16,25,28H,3,17-19H2,1-2H3,(H,29,32)/t25-,28+/m0/s1. The maximum atomic E-state index is 12.9. The van der Waals surface area contributed by atoms with E-state index >= 15 is 0 Å². The van der Waals surface area contributed by atoms with Crippen molar-refractivity contribution in [3.63, 3.8) is 0 Å². The fraction of sp³-hybridized carbons (Fsp3) is 0.286. The summed E-state index contributed by atoms with van der Waals surface area (Å²) in [4.78, 5) is 27.3. The van der Waals surface area contributed by atoms with Crippen molar-refractivity contribution in [1.82, 2.24) is 10.2 Å². The molecule has 2 atom stereocenters. The van der Waals surface area contributed by atoms with Crippen LogP contribution in [-0.2, 0) is 11.2 Å². The summed E-state index contributed by atoms with van der Waals surface area (Å²) < 4.78 is 0. The van der Waals surface area contributed by atoms with E-state index in [2.05, 4.69) is 55.6 Å². The first-order chi connectivity index (χ1) is 16.0. The number of nitrogens with zero attached hydrogens (tertiary/aromatic N) is 1. The van der Waals surface area contributed by atoms with Crippen molar-refractivity contribution in [2.45, 2.75) is 38.1 Å². The minimum Gasteiger partial charge on any atom is -0.345 e. The molecule has 1 aliphatic rings. The fourth-order valence-corrected chi connectivity index (χ4v) is 5.35. The maximum absolute atomic E-state index is 12.9. The van der Waals surface area contributed by atoms with E-state index in [4.69, 9.17) is 0 Å². The van der Waals surface area contributed by atoms with Crippen molar-refractivity contribution >= 4 is 23.6 Å². The fourth-order valence-electron chi connectivity index (χ4n) is 4.13. The average Bonchev–Trinajstić information content (AvgIpc) is 3.22. The van der Waals surface area contributed by atoms with Gasteiger partial charge in [0.05, 0.1) is 11.8 Å². The van der Waals surface area contributed by atoms with Crippen molar-refractivity contribution < 1.29 is 9.59 Å². The molecule has 0 saturated carbocycles. The van der Waals surface area contributed by atoms with Gasteiger partial charge in [0.1, 0.15) is 5.37 Å². The smallest absolute Gasteiger partial charge is 0.251 e. The molecule has 5 heteroatoms.